The van der Waals surface area contributed by atoms with Crippen molar-refractivity contribution >= 4 is 30.3 Å². The van der Waals surface area contributed by atoms with Gasteiger partial charge in [-0.2, -0.15) is 5.53 Å². The van der Waals surface area contributed by atoms with Gasteiger partial charge in [0.2, 0.25) is 0 Å². The van der Waals surface area contributed by atoms with Crippen LogP contribution in [0.2, 0.25) is 0 Å². The smallest absolute Gasteiger partial charge is 0.100 e. The standard InChI is InChI=1S/C6H14N4.HI/c1-6(2)3-8-5-10(4-6)9-7;/h5,9H,3-4,7H2,1-2H3;1H. The SMILES string of the molecule is CC1(C)CN=CN(NN)C1.I. The van der Waals surface area contributed by atoms with Gasteiger partial charge in [0.25, 0.3) is 0 Å². The quantitative estimate of drug-likeness (QED) is 0.411. The highest BCUT2D eigenvalue weighted by molar-refractivity contribution is 14.0. The van der Waals surface area contributed by atoms with Gasteiger partial charge in [-0.25, -0.2) is 0 Å². The van der Waals surface area contributed by atoms with E-state index in [0.29, 0.717) is 0 Å². The Balaban J connectivity index is 0.000001000. The number of hydrogen-bond acceptors (Lipinski definition) is 4. The molecule has 0 saturated carbocycles. The van der Waals surface area contributed by atoms with E-state index in [9.17, 15) is 0 Å². The van der Waals surface area contributed by atoms with E-state index in [-0.39, 0.29) is 29.4 Å². The summed E-state index contributed by atoms with van der Waals surface area (Å²) in [7, 11) is 0. The summed E-state index contributed by atoms with van der Waals surface area (Å²) in [4.78, 5) is 4.14. The van der Waals surface area contributed by atoms with Gasteiger partial charge in [-0.3, -0.25) is 15.8 Å². The molecule has 0 spiro atoms. The van der Waals surface area contributed by atoms with Gasteiger partial charge in [0.1, 0.15) is 6.34 Å². The number of nitrogens with one attached hydrogen (secondary N) is 1. The van der Waals surface area contributed by atoms with Crippen LogP contribution in [0.1, 0.15) is 13.8 Å². The summed E-state index contributed by atoms with van der Waals surface area (Å²) in [6, 6.07) is 0. The third kappa shape index (κ3) is 3.35. The zero-order valence-corrected chi connectivity index (χ0v) is 9.20. The van der Waals surface area contributed by atoms with E-state index < -0.39 is 0 Å². The maximum atomic E-state index is 5.21. The molecule has 0 amide bonds. The second kappa shape index (κ2) is 4.22. The first-order valence-corrected chi connectivity index (χ1v) is 3.37. The molecule has 3 N–H and O–H groups in total. The molecule has 1 heterocycles. The number of nitrogens with two attached hydrogens (primary N) is 1. The summed E-state index contributed by atoms with van der Waals surface area (Å²) in [6.45, 7) is 6.11. The molecule has 0 radical (unpaired) electrons. The lowest BCUT2D eigenvalue weighted by atomic mass is 9.93. The molecule has 1 aliphatic heterocycles. The van der Waals surface area contributed by atoms with E-state index in [1.165, 1.54) is 0 Å². The Hall–Kier alpha value is 0.120. The van der Waals surface area contributed by atoms with Gasteiger partial charge in [0.15, 0.2) is 0 Å². The molecule has 11 heavy (non-hydrogen) atoms. The monoisotopic (exact) mass is 270 g/mol. The van der Waals surface area contributed by atoms with Gasteiger partial charge in [-0.05, 0) is 0 Å². The lowest BCUT2D eigenvalue weighted by Gasteiger charge is -2.32. The van der Waals surface area contributed by atoms with Gasteiger partial charge < -0.3 is 0 Å². The topological polar surface area (TPSA) is 53.6 Å². The Morgan fingerprint density at radius 1 is 1.64 bits per heavy atom. The van der Waals surface area contributed by atoms with Crippen molar-refractivity contribution < 1.29 is 0 Å². The molecule has 5 heteroatoms. The predicted octanol–water partition coefficient (Wildman–Crippen LogP) is 0.353. The summed E-state index contributed by atoms with van der Waals surface area (Å²) < 4.78 is 0. The average Bonchev–Trinajstić information content (AvgIpc) is 1.86. The minimum absolute atomic E-state index is 0. The van der Waals surface area contributed by atoms with Crippen LogP contribution < -0.4 is 11.4 Å². The van der Waals surface area contributed by atoms with Crippen LogP contribution >= 0.6 is 24.0 Å². The number of halogens is 1. The molecule has 0 atom stereocenters. The Morgan fingerprint density at radius 3 is 2.64 bits per heavy atom. The number of rotatable bonds is 1. The highest BCUT2D eigenvalue weighted by Gasteiger charge is 2.22. The molecule has 0 saturated heterocycles. The van der Waals surface area contributed by atoms with Crippen LogP contribution in [0.3, 0.4) is 0 Å². The molecule has 0 unspecified atom stereocenters. The molecule has 0 aromatic carbocycles. The average molecular weight is 270 g/mol. The minimum atomic E-state index is 0. The summed E-state index contributed by atoms with van der Waals surface area (Å²) in [5.74, 6) is 5.21. The molecule has 0 aliphatic carbocycles. The molecule has 0 aromatic heterocycles. The van der Waals surface area contributed by atoms with Crippen molar-refractivity contribution in [2.75, 3.05) is 13.1 Å². The predicted molar refractivity (Wildman–Crippen MR) is 56.6 cm³/mol. The fraction of sp³-hybridized carbons (Fsp3) is 0.833. The summed E-state index contributed by atoms with van der Waals surface area (Å²) in [6.07, 6.45) is 1.73. The molecule has 4 nitrogen and oxygen atoms in total. The lowest BCUT2D eigenvalue weighted by molar-refractivity contribution is 0.198. The molecule has 0 bridgehead atoms. The maximum absolute atomic E-state index is 5.21. The van der Waals surface area contributed by atoms with E-state index in [0.717, 1.165) is 13.1 Å². The fourth-order valence-electron chi connectivity index (χ4n) is 1.02. The fourth-order valence-corrected chi connectivity index (χ4v) is 1.02. The van der Waals surface area contributed by atoms with Gasteiger partial charge >= 0.3 is 0 Å². The lowest BCUT2D eigenvalue weighted by Crippen LogP contribution is -2.49. The van der Waals surface area contributed by atoms with E-state index in [4.69, 9.17) is 5.84 Å². The first kappa shape index (κ1) is 11.1. The maximum Gasteiger partial charge on any atom is 0.100 e. The Kier molecular flexibility index (Phi) is 4.27. The third-order valence-corrected chi connectivity index (χ3v) is 1.50. The second-order valence-electron chi connectivity index (χ2n) is 3.38. The summed E-state index contributed by atoms with van der Waals surface area (Å²) >= 11 is 0. The van der Waals surface area contributed by atoms with Crippen LogP contribution in [0.5, 0.6) is 0 Å². The van der Waals surface area contributed by atoms with Crippen molar-refractivity contribution in [2.24, 2.45) is 16.3 Å². The van der Waals surface area contributed by atoms with Gasteiger partial charge in [0.05, 0.1) is 0 Å². The summed E-state index contributed by atoms with van der Waals surface area (Å²) in [5, 5.41) is 1.78. The Bertz CT molecular complexity index is 146. The minimum Gasteiger partial charge on any atom is -0.285 e. The van der Waals surface area contributed by atoms with Crippen molar-refractivity contribution in [1.82, 2.24) is 10.5 Å². The summed E-state index contributed by atoms with van der Waals surface area (Å²) in [5.41, 5.74) is 2.78. The third-order valence-electron chi connectivity index (χ3n) is 1.50. The number of hydrazine groups is 2. The first-order chi connectivity index (χ1) is 4.64. The van der Waals surface area contributed by atoms with Crippen molar-refractivity contribution in [2.45, 2.75) is 13.8 Å². The van der Waals surface area contributed by atoms with E-state index in [1.807, 2.05) is 0 Å². The van der Waals surface area contributed by atoms with E-state index >= 15 is 0 Å². The number of aliphatic imine (C=N–C) groups is 1. The highest BCUT2D eigenvalue weighted by atomic mass is 127. The molecular formula is C6H15IN4. The van der Waals surface area contributed by atoms with Crippen molar-refractivity contribution in [3.05, 3.63) is 0 Å². The molecular weight excluding hydrogens is 255 g/mol. The number of hydrogen-bond donors (Lipinski definition) is 2. The molecule has 1 rings (SSSR count). The van der Waals surface area contributed by atoms with Crippen LogP contribution in [0, 0.1) is 5.41 Å². The zero-order valence-electron chi connectivity index (χ0n) is 6.87. The second-order valence-corrected chi connectivity index (χ2v) is 3.38. The van der Waals surface area contributed by atoms with Gasteiger partial charge in [-0.15, -0.1) is 24.0 Å². The molecule has 0 aromatic rings. The molecule has 66 valence electrons. The largest absolute Gasteiger partial charge is 0.285 e. The van der Waals surface area contributed by atoms with Crippen LogP contribution in [-0.2, 0) is 0 Å². The highest BCUT2D eigenvalue weighted by Crippen LogP contribution is 2.18. The van der Waals surface area contributed by atoms with Crippen LogP contribution in [0.4, 0.5) is 0 Å². The Morgan fingerprint density at radius 2 is 2.27 bits per heavy atom. The van der Waals surface area contributed by atoms with E-state index in [2.05, 4.69) is 24.4 Å². The number of nitrogens with zero attached hydrogens (tertiary/aromatic N) is 2. The van der Waals surface area contributed by atoms with Crippen molar-refractivity contribution in [1.29, 1.82) is 0 Å². The van der Waals surface area contributed by atoms with Gasteiger partial charge in [-0.1, -0.05) is 13.8 Å². The van der Waals surface area contributed by atoms with Crippen molar-refractivity contribution in [3.8, 4) is 0 Å². The molecule has 0 fully saturated rings. The Labute approximate surface area is 84.2 Å². The molecule has 1 aliphatic rings. The van der Waals surface area contributed by atoms with Crippen LogP contribution in [-0.4, -0.2) is 24.4 Å². The van der Waals surface area contributed by atoms with Crippen LogP contribution in [0.25, 0.3) is 0 Å². The normalized spacial score (nSPS) is 21.2. The van der Waals surface area contributed by atoms with Crippen LogP contribution in [0.15, 0.2) is 4.99 Å². The first-order valence-electron chi connectivity index (χ1n) is 3.37. The zero-order chi connectivity index (χ0) is 7.61. The van der Waals surface area contributed by atoms with Crippen molar-refractivity contribution in [3.63, 3.8) is 0 Å². The van der Waals surface area contributed by atoms with Gasteiger partial charge in [0, 0.05) is 18.5 Å². The van der Waals surface area contributed by atoms with E-state index in [1.54, 1.807) is 11.3 Å².